The molecule has 0 saturated heterocycles. The fourth-order valence-corrected chi connectivity index (χ4v) is 3.99. The van der Waals surface area contributed by atoms with E-state index in [0.717, 1.165) is 16.1 Å². The molecule has 7 nitrogen and oxygen atoms in total. The second-order valence-corrected chi connectivity index (χ2v) is 7.96. The van der Waals surface area contributed by atoms with Crippen LogP contribution in [0.5, 0.6) is 0 Å². The molecule has 142 valence electrons. The Kier molecular flexibility index (Phi) is 4.35. The lowest BCUT2D eigenvalue weighted by molar-refractivity contribution is 0.102. The predicted molar refractivity (Wildman–Crippen MR) is 111 cm³/mol. The number of amides is 1. The number of hydrogen-bond donors (Lipinski definition) is 2. The highest BCUT2D eigenvalue weighted by Crippen LogP contribution is 2.31. The van der Waals surface area contributed by atoms with E-state index in [-0.39, 0.29) is 22.4 Å². The van der Waals surface area contributed by atoms with E-state index in [9.17, 15) is 9.59 Å². The number of aromatic amines is 1. The maximum Gasteiger partial charge on any atom is 0.274 e. The zero-order chi connectivity index (χ0) is 20.0. The van der Waals surface area contributed by atoms with Crippen LogP contribution in [0.1, 0.15) is 26.5 Å². The van der Waals surface area contributed by atoms with Gasteiger partial charge in [0.05, 0.1) is 16.6 Å². The maximum absolute atomic E-state index is 12.9. The molecule has 0 spiro atoms. The first-order chi connectivity index (χ1) is 13.3. The number of nitrogens with zero attached hydrogens (tertiary/aromatic N) is 3. The Morgan fingerprint density at radius 2 is 1.86 bits per heavy atom. The fraction of sp³-hybridized carbons (Fsp3) is 0.200. The highest BCUT2D eigenvalue weighted by molar-refractivity contribution is 7.16. The molecule has 1 aromatic carbocycles. The summed E-state index contributed by atoms with van der Waals surface area (Å²) < 4.78 is 1.52. The summed E-state index contributed by atoms with van der Waals surface area (Å²) in [5, 5.41) is 6.25. The normalized spacial score (nSPS) is 11.1. The van der Waals surface area contributed by atoms with Gasteiger partial charge in [-0.3, -0.25) is 24.7 Å². The number of nitrogens with one attached hydrogen (secondary N) is 2. The molecule has 0 aliphatic heterocycles. The summed E-state index contributed by atoms with van der Waals surface area (Å²) in [6.45, 7) is 5.79. The largest absolute Gasteiger partial charge is 0.298 e. The van der Waals surface area contributed by atoms with Crippen molar-refractivity contribution in [3.8, 4) is 11.3 Å². The smallest absolute Gasteiger partial charge is 0.274 e. The van der Waals surface area contributed by atoms with Crippen molar-refractivity contribution in [1.29, 1.82) is 0 Å². The molecule has 0 atom stereocenters. The van der Waals surface area contributed by atoms with Gasteiger partial charge in [-0.05, 0) is 26.8 Å². The number of fused-ring (bicyclic) bond motifs is 1. The van der Waals surface area contributed by atoms with E-state index in [1.807, 2.05) is 38.1 Å². The zero-order valence-electron chi connectivity index (χ0n) is 16.0. The maximum atomic E-state index is 12.9. The van der Waals surface area contributed by atoms with Gasteiger partial charge >= 0.3 is 0 Å². The van der Waals surface area contributed by atoms with Crippen LogP contribution in [0.25, 0.3) is 22.3 Å². The summed E-state index contributed by atoms with van der Waals surface area (Å²) in [5.74, 6) is -0.378. The van der Waals surface area contributed by atoms with Crippen molar-refractivity contribution in [3.63, 3.8) is 0 Å². The third kappa shape index (κ3) is 3.11. The summed E-state index contributed by atoms with van der Waals surface area (Å²) in [6.07, 6.45) is 0. The van der Waals surface area contributed by atoms with Gasteiger partial charge in [0.1, 0.15) is 0 Å². The highest BCUT2D eigenvalue weighted by atomic mass is 32.1. The van der Waals surface area contributed by atoms with Gasteiger partial charge in [0.15, 0.2) is 10.8 Å². The van der Waals surface area contributed by atoms with Crippen molar-refractivity contribution < 1.29 is 4.79 Å². The van der Waals surface area contributed by atoms with Gasteiger partial charge in [-0.15, -0.1) is 11.3 Å². The summed E-state index contributed by atoms with van der Waals surface area (Å²) in [7, 11) is 1.69. The second-order valence-electron chi connectivity index (χ2n) is 6.75. The summed E-state index contributed by atoms with van der Waals surface area (Å²) in [4.78, 5) is 35.1. The van der Waals surface area contributed by atoms with Crippen LogP contribution < -0.4 is 10.9 Å². The lowest BCUT2D eigenvalue weighted by Gasteiger charge is -2.04. The molecule has 0 fully saturated rings. The summed E-state index contributed by atoms with van der Waals surface area (Å²) in [6, 6.07) is 9.72. The summed E-state index contributed by atoms with van der Waals surface area (Å²) >= 11 is 1.41. The van der Waals surface area contributed by atoms with Crippen LogP contribution in [0.4, 0.5) is 5.13 Å². The molecule has 1 amide bonds. The number of carbonyl (C=O) groups is 1. The Balaban J connectivity index is 1.70. The number of rotatable bonds is 3. The first-order valence-corrected chi connectivity index (χ1v) is 9.57. The zero-order valence-corrected chi connectivity index (χ0v) is 16.8. The van der Waals surface area contributed by atoms with Gasteiger partial charge in [-0.1, -0.05) is 29.8 Å². The molecule has 0 radical (unpaired) electrons. The van der Waals surface area contributed by atoms with Crippen LogP contribution in [-0.2, 0) is 7.05 Å². The van der Waals surface area contributed by atoms with Crippen LogP contribution in [-0.4, -0.2) is 25.7 Å². The number of aromatic nitrogens is 4. The molecule has 3 aromatic heterocycles. The van der Waals surface area contributed by atoms with Crippen LogP contribution in [0, 0.1) is 20.8 Å². The average Bonchev–Trinajstić information content (AvgIpc) is 3.14. The topological polar surface area (TPSA) is 92.7 Å². The van der Waals surface area contributed by atoms with Crippen molar-refractivity contribution in [1.82, 2.24) is 19.7 Å². The van der Waals surface area contributed by atoms with Gasteiger partial charge < -0.3 is 0 Å². The Hall–Kier alpha value is -3.26. The van der Waals surface area contributed by atoms with Crippen LogP contribution >= 0.6 is 11.3 Å². The van der Waals surface area contributed by atoms with Gasteiger partial charge in [0.25, 0.3) is 11.5 Å². The van der Waals surface area contributed by atoms with Crippen LogP contribution in [0.3, 0.4) is 0 Å². The van der Waals surface area contributed by atoms with Crippen LogP contribution in [0.2, 0.25) is 0 Å². The van der Waals surface area contributed by atoms with Crippen molar-refractivity contribution in [2.75, 3.05) is 5.32 Å². The van der Waals surface area contributed by atoms with Gasteiger partial charge in [0.2, 0.25) is 0 Å². The minimum Gasteiger partial charge on any atom is -0.298 e. The molecule has 2 N–H and O–H groups in total. The molecule has 8 heteroatoms. The molecule has 0 saturated carbocycles. The Bertz CT molecular complexity index is 1260. The first kappa shape index (κ1) is 18.1. The average molecular weight is 393 g/mol. The highest BCUT2D eigenvalue weighted by Gasteiger charge is 2.19. The lowest BCUT2D eigenvalue weighted by atomic mass is 10.1. The SMILES string of the molecule is Cc1ccc(-c2nc(NC(=O)c3cc(C)nc4c3c(=O)[nH]n4C)sc2C)cc1. The van der Waals surface area contributed by atoms with E-state index < -0.39 is 0 Å². The van der Waals surface area contributed by atoms with Crippen molar-refractivity contribution >= 4 is 33.4 Å². The lowest BCUT2D eigenvalue weighted by Crippen LogP contribution is -2.15. The van der Waals surface area contributed by atoms with Crippen molar-refractivity contribution in [3.05, 3.63) is 62.4 Å². The molecule has 0 aliphatic carbocycles. The molecular formula is C20H19N5O2S. The molecule has 3 heterocycles. The molecule has 0 unspecified atom stereocenters. The Morgan fingerprint density at radius 1 is 1.14 bits per heavy atom. The quantitative estimate of drug-likeness (QED) is 0.557. The summed E-state index contributed by atoms with van der Waals surface area (Å²) in [5.41, 5.74) is 4.07. The van der Waals surface area contributed by atoms with Crippen molar-refractivity contribution in [2.45, 2.75) is 20.8 Å². The Morgan fingerprint density at radius 3 is 2.57 bits per heavy atom. The third-order valence-corrected chi connectivity index (χ3v) is 5.42. The molecule has 4 rings (SSSR count). The minimum absolute atomic E-state index is 0.276. The number of H-pyrrole nitrogens is 1. The monoisotopic (exact) mass is 393 g/mol. The number of pyridine rings is 1. The van der Waals surface area contributed by atoms with Gasteiger partial charge in [-0.2, -0.15) is 0 Å². The first-order valence-electron chi connectivity index (χ1n) is 8.75. The number of benzene rings is 1. The second kappa shape index (κ2) is 6.72. The van der Waals surface area contributed by atoms with E-state index >= 15 is 0 Å². The molecule has 28 heavy (non-hydrogen) atoms. The van der Waals surface area contributed by atoms with E-state index in [1.54, 1.807) is 20.0 Å². The standard InChI is InChI=1S/C20H19N5O2S/c1-10-5-7-13(8-6-10)16-12(3)28-20(22-16)23-18(26)14-9-11(2)21-17-15(14)19(27)24-25(17)4/h5-9H,1-4H3,(H,24,27)(H,22,23,26). The van der Waals surface area contributed by atoms with E-state index in [1.165, 1.54) is 21.6 Å². The molecule has 4 aromatic rings. The van der Waals surface area contributed by atoms with Crippen molar-refractivity contribution in [2.24, 2.45) is 7.05 Å². The Labute approximate surface area is 165 Å². The number of carbonyl (C=O) groups excluding carboxylic acids is 1. The van der Waals surface area contributed by atoms with Gasteiger partial charge in [-0.25, -0.2) is 9.97 Å². The number of hydrogen-bond acceptors (Lipinski definition) is 5. The minimum atomic E-state index is -0.378. The van der Waals surface area contributed by atoms with Gasteiger partial charge in [0, 0.05) is 23.2 Å². The van der Waals surface area contributed by atoms with E-state index in [4.69, 9.17) is 0 Å². The number of anilines is 1. The third-order valence-electron chi connectivity index (χ3n) is 4.53. The molecular weight excluding hydrogens is 374 g/mol. The number of aryl methyl sites for hydroxylation is 4. The van der Waals surface area contributed by atoms with E-state index in [2.05, 4.69) is 20.4 Å². The van der Waals surface area contributed by atoms with Crippen LogP contribution in [0.15, 0.2) is 35.1 Å². The number of thiazole rings is 1. The van der Waals surface area contributed by atoms with E-state index in [0.29, 0.717) is 16.5 Å². The molecule has 0 aliphatic rings. The fourth-order valence-electron chi connectivity index (χ4n) is 3.16. The predicted octanol–water partition coefficient (Wildman–Crippen LogP) is 3.56. The molecule has 0 bridgehead atoms.